The number of carbonyl (C=O) groups excluding carboxylic acids is 1. The van der Waals surface area contributed by atoms with E-state index >= 15 is 0 Å². The van der Waals surface area contributed by atoms with E-state index in [4.69, 9.17) is 20.9 Å². The van der Waals surface area contributed by atoms with Crippen molar-refractivity contribution < 1.29 is 24.0 Å². The zero-order valence-electron chi connectivity index (χ0n) is 21.6. The van der Waals surface area contributed by atoms with Crippen LogP contribution in [0.4, 0.5) is 16.2 Å². The highest BCUT2D eigenvalue weighted by molar-refractivity contribution is 6.31. The van der Waals surface area contributed by atoms with E-state index in [0.29, 0.717) is 40.7 Å². The first kappa shape index (κ1) is 26.3. The van der Waals surface area contributed by atoms with Gasteiger partial charge in [0.05, 0.1) is 5.92 Å². The summed E-state index contributed by atoms with van der Waals surface area (Å²) in [5.74, 6) is -0.624. The molecular weight excluding hydrogens is 518 g/mol. The number of nitrogens with one attached hydrogen (secondary N) is 1. The molecule has 0 bridgehead atoms. The molecule has 0 aliphatic carbocycles. The molecule has 0 saturated carbocycles. The van der Waals surface area contributed by atoms with Crippen LogP contribution in [0.3, 0.4) is 0 Å². The van der Waals surface area contributed by atoms with Gasteiger partial charge in [0.15, 0.2) is 5.76 Å². The van der Waals surface area contributed by atoms with Gasteiger partial charge in [-0.3, -0.25) is 10.1 Å². The highest BCUT2D eigenvalue weighted by atomic mass is 35.5. The topological polar surface area (TPSA) is 105 Å². The van der Waals surface area contributed by atoms with Crippen molar-refractivity contribution >= 4 is 35.0 Å². The van der Waals surface area contributed by atoms with E-state index in [1.54, 1.807) is 19.9 Å². The van der Waals surface area contributed by atoms with Crippen molar-refractivity contribution in [2.45, 2.75) is 26.4 Å². The predicted molar refractivity (Wildman–Crippen MR) is 150 cm³/mol. The van der Waals surface area contributed by atoms with Crippen LogP contribution in [0.2, 0.25) is 5.02 Å². The van der Waals surface area contributed by atoms with Gasteiger partial charge in [-0.25, -0.2) is 4.79 Å². The van der Waals surface area contributed by atoms with Crippen molar-refractivity contribution in [1.29, 1.82) is 0 Å². The Bertz CT molecular complexity index is 1480. The first-order valence-corrected chi connectivity index (χ1v) is 13.0. The van der Waals surface area contributed by atoms with Gasteiger partial charge >= 0.3 is 12.1 Å². The first-order valence-electron chi connectivity index (χ1n) is 12.7. The molecule has 5 rings (SSSR count). The summed E-state index contributed by atoms with van der Waals surface area (Å²) >= 11 is 6.23. The second-order valence-electron chi connectivity index (χ2n) is 9.56. The Labute approximate surface area is 231 Å². The molecule has 9 heteroatoms. The summed E-state index contributed by atoms with van der Waals surface area (Å²) in [5.41, 5.74) is 5.49. The standard InChI is InChI=1S/C30H28ClN3O5/c1-18-27(32-30(37)38-19(2)25-5-3-4-6-26(25)31)28(39-33-18)22-9-7-20(8-10-22)21-11-13-24(14-12-21)34-16-15-23(17-34)29(35)36/h3-14,19,23H,15-17H2,1-2H3,(H,32,37)(H,35,36)/t19-,23+/m1/s1. The number of anilines is 2. The molecule has 1 aliphatic heterocycles. The Morgan fingerprint density at radius 2 is 1.69 bits per heavy atom. The predicted octanol–water partition coefficient (Wildman–Crippen LogP) is 7.19. The minimum Gasteiger partial charge on any atom is -0.481 e. The molecule has 2 N–H and O–H groups in total. The van der Waals surface area contributed by atoms with Crippen LogP contribution in [-0.2, 0) is 9.53 Å². The molecular formula is C30H28ClN3O5. The molecule has 1 aliphatic rings. The fourth-order valence-electron chi connectivity index (χ4n) is 4.75. The number of amides is 1. The number of ether oxygens (including phenoxy) is 1. The lowest BCUT2D eigenvalue weighted by Gasteiger charge is -2.18. The number of carbonyl (C=O) groups is 2. The smallest absolute Gasteiger partial charge is 0.412 e. The van der Waals surface area contributed by atoms with Crippen LogP contribution < -0.4 is 10.2 Å². The number of halogens is 1. The zero-order chi connectivity index (χ0) is 27.5. The maximum Gasteiger partial charge on any atom is 0.412 e. The second-order valence-corrected chi connectivity index (χ2v) is 9.97. The molecule has 8 nitrogen and oxygen atoms in total. The second kappa shape index (κ2) is 11.2. The van der Waals surface area contributed by atoms with Gasteiger partial charge in [0.2, 0.25) is 0 Å². The normalized spacial score (nSPS) is 15.7. The molecule has 1 aromatic heterocycles. The molecule has 200 valence electrons. The van der Waals surface area contributed by atoms with E-state index in [1.807, 2.05) is 66.7 Å². The molecule has 0 spiro atoms. The third-order valence-electron chi connectivity index (χ3n) is 6.97. The van der Waals surface area contributed by atoms with Gasteiger partial charge in [-0.05, 0) is 49.6 Å². The third kappa shape index (κ3) is 5.76. The number of aryl methyl sites for hydroxylation is 1. The summed E-state index contributed by atoms with van der Waals surface area (Å²) in [6.07, 6.45) is -0.523. The lowest BCUT2D eigenvalue weighted by atomic mass is 10.0. The van der Waals surface area contributed by atoms with E-state index in [9.17, 15) is 14.7 Å². The minimum absolute atomic E-state index is 0.316. The SMILES string of the molecule is Cc1noc(-c2ccc(-c3ccc(N4CC[C@H](C(=O)O)C4)cc3)cc2)c1NC(=O)O[C@H](C)c1ccccc1Cl. The maximum atomic E-state index is 12.7. The van der Waals surface area contributed by atoms with Crippen molar-refractivity contribution in [3.63, 3.8) is 0 Å². The van der Waals surface area contributed by atoms with Gasteiger partial charge in [-0.2, -0.15) is 0 Å². The van der Waals surface area contributed by atoms with Crippen molar-refractivity contribution in [2.75, 3.05) is 23.3 Å². The number of hydrogen-bond acceptors (Lipinski definition) is 6. The molecule has 3 aromatic carbocycles. The molecule has 0 unspecified atom stereocenters. The molecule has 1 amide bonds. The number of aliphatic carboxylic acids is 1. The highest BCUT2D eigenvalue weighted by Crippen LogP contribution is 2.34. The number of carboxylic acid groups (broad SMARTS) is 1. The summed E-state index contributed by atoms with van der Waals surface area (Å²) in [7, 11) is 0. The van der Waals surface area contributed by atoms with Crippen LogP contribution >= 0.6 is 11.6 Å². The molecule has 1 saturated heterocycles. The number of nitrogens with zero attached hydrogens (tertiary/aromatic N) is 2. The van der Waals surface area contributed by atoms with Crippen molar-refractivity contribution in [2.24, 2.45) is 5.92 Å². The lowest BCUT2D eigenvalue weighted by Crippen LogP contribution is -2.22. The molecule has 4 aromatic rings. The average Bonchev–Trinajstić information content (AvgIpc) is 3.57. The Morgan fingerprint density at radius 3 is 2.33 bits per heavy atom. The first-order chi connectivity index (χ1) is 18.8. The van der Waals surface area contributed by atoms with E-state index in [1.165, 1.54) is 0 Å². The number of carboxylic acids is 1. The van der Waals surface area contributed by atoms with Crippen LogP contribution in [0.15, 0.2) is 77.3 Å². The monoisotopic (exact) mass is 545 g/mol. The third-order valence-corrected chi connectivity index (χ3v) is 7.31. The van der Waals surface area contributed by atoms with Gasteiger partial charge < -0.3 is 19.3 Å². The summed E-state index contributed by atoms with van der Waals surface area (Å²) in [6.45, 7) is 4.77. The maximum absolute atomic E-state index is 12.7. The van der Waals surface area contributed by atoms with Gasteiger partial charge in [0, 0.05) is 34.9 Å². The Kier molecular flexibility index (Phi) is 7.56. The summed E-state index contributed by atoms with van der Waals surface area (Å²) < 4.78 is 11.1. The zero-order valence-corrected chi connectivity index (χ0v) is 22.3. The minimum atomic E-state index is -0.738. The number of benzene rings is 3. The van der Waals surface area contributed by atoms with Crippen LogP contribution in [0.1, 0.15) is 30.7 Å². The Hall–Kier alpha value is -4.30. The van der Waals surface area contributed by atoms with Crippen molar-refractivity contribution in [3.05, 3.63) is 89.1 Å². The van der Waals surface area contributed by atoms with Crippen LogP contribution in [-0.4, -0.2) is 35.4 Å². The largest absolute Gasteiger partial charge is 0.481 e. The lowest BCUT2D eigenvalue weighted by molar-refractivity contribution is -0.140. The highest BCUT2D eigenvalue weighted by Gasteiger charge is 2.28. The average molecular weight is 546 g/mol. The molecule has 1 fully saturated rings. The molecule has 39 heavy (non-hydrogen) atoms. The number of hydrogen-bond donors (Lipinski definition) is 2. The van der Waals surface area contributed by atoms with Crippen LogP contribution in [0.5, 0.6) is 0 Å². The van der Waals surface area contributed by atoms with Gasteiger partial charge in [0.25, 0.3) is 0 Å². The van der Waals surface area contributed by atoms with Crippen molar-refractivity contribution in [1.82, 2.24) is 5.16 Å². The van der Waals surface area contributed by atoms with Gasteiger partial charge in [0.1, 0.15) is 17.5 Å². The van der Waals surface area contributed by atoms with Gasteiger partial charge in [-0.15, -0.1) is 0 Å². The van der Waals surface area contributed by atoms with E-state index in [0.717, 1.165) is 28.9 Å². The van der Waals surface area contributed by atoms with E-state index in [2.05, 4.69) is 15.4 Å². The molecule has 2 heterocycles. The summed E-state index contributed by atoms with van der Waals surface area (Å²) in [5, 5.41) is 16.6. The summed E-state index contributed by atoms with van der Waals surface area (Å²) in [4.78, 5) is 26.0. The van der Waals surface area contributed by atoms with Crippen LogP contribution in [0, 0.1) is 12.8 Å². The summed E-state index contributed by atoms with van der Waals surface area (Å²) in [6, 6.07) is 23.1. The number of rotatable bonds is 7. The van der Waals surface area contributed by atoms with Crippen LogP contribution in [0.25, 0.3) is 22.5 Å². The fraction of sp³-hybridized carbons (Fsp3) is 0.233. The Balaban J connectivity index is 1.27. The Morgan fingerprint density at radius 1 is 1.05 bits per heavy atom. The number of aromatic nitrogens is 1. The quantitative estimate of drug-likeness (QED) is 0.253. The van der Waals surface area contributed by atoms with E-state index in [-0.39, 0.29) is 5.92 Å². The molecule has 2 atom stereocenters. The van der Waals surface area contributed by atoms with E-state index < -0.39 is 18.2 Å². The van der Waals surface area contributed by atoms with Gasteiger partial charge in [-0.1, -0.05) is 71.4 Å². The molecule has 0 radical (unpaired) electrons. The fourth-order valence-corrected chi connectivity index (χ4v) is 5.04. The van der Waals surface area contributed by atoms with Crippen molar-refractivity contribution in [3.8, 4) is 22.5 Å².